The van der Waals surface area contributed by atoms with Crippen molar-refractivity contribution in [1.82, 2.24) is 58.5 Å². The number of hydrogen-bond donors (Lipinski definition) is 4. The maximum Gasteiger partial charge on any atom is 0.278 e. The molecule has 9 aromatic rings. The van der Waals surface area contributed by atoms with Crippen LogP contribution in [0.3, 0.4) is 0 Å². The number of benzene rings is 2. The number of aromatic nitrogens is 11. The minimum Gasteiger partial charge on any atom is -0.380 e. The lowest BCUT2D eigenvalue weighted by molar-refractivity contribution is -0.186. The topological polar surface area (TPSA) is 251 Å². The molecule has 2 aromatic carbocycles. The molecular weight excluding hydrogens is 1340 g/mol. The van der Waals surface area contributed by atoms with Gasteiger partial charge < -0.3 is 44.6 Å². The Labute approximate surface area is 536 Å². The number of thioether (sulfide) groups is 1. The summed E-state index contributed by atoms with van der Waals surface area (Å²) in [6, 6.07) is 32.4. The Kier molecular flexibility index (Phi) is 19.3. The summed E-state index contributed by atoms with van der Waals surface area (Å²) in [6.45, 7) is 14.3. The maximum atomic E-state index is 13.3. The van der Waals surface area contributed by atoms with Gasteiger partial charge in [-0.15, -0.1) is 13.2 Å². The molecule has 5 aliphatic heterocycles. The van der Waals surface area contributed by atoms with E-state index in [-0.39, 0.29) is 44.1 Å². The van der Waals surface area contributed by atoms with Crippen molar-refractivity contribution in [2.45, 2.75) is 47.9 Å². The first-order valence-electron chi connectivity index (χ1n) is 28.4. The van der Waals surface area contributed by atoms with Gasteiger partial charge in [0, 0.05) is 47.9 Å². The van der Waals surface area contributed by atoms with Crippen LogP contribution in [-0.4, -0.2) is 153 Å². The fraction of sp³-hybridized carbons (Fsp3) is 0.339. The third-order valence-electron chi connectivity index (χ3n) is 15.9. The van der Waals surface area contributed by atoms with Crippen molar-refractivity contribution < 1.29 is 29.5 Å². The average molecular weight is 1410 g/mol. The molecule has 0 amide bonds. The van der Waals surface area contributed by atoms with Gasteiger partial charge in [-0.1, -0.05) is 70.2 Å². The summed E-state index contributed by atoms with van der Waals surface area (Å²) >= 11 is 11.2. The third-order valence-corrected chi connectivity index (χ3v) is 17.8. The van der Waals surface area contributed by atoms with E-state index in [1.54, 1.807) is 64.1 Å². The molecule has 5 saturated heterocycles. The number of fused-ring (bicyclic) bond motifs is 3. The third kappa shape index (κ3) is 13.5. The summed E-state index contributed by atoms with van der Waals surface area (Å²) in [4.78, 5) is 62.2. The van der Waals surface area contributed by atoms with Crippen molar-refractivity contribution in [3.05, 3.63) is 192 Å². The molecule has 7 aromatic heterocycles. The summed E-state index contributed by atoms with van der Waals surface area (Å²) in [5, 5.41) is 35.8. The zero-order chi connectivity index (χ0) is 61.7. The molecule has 5 fully saturated rings. The van der Waals surface area contributed by atoms with E-state index in [4.69, 9.17) is 24.2 Å². The number of pyridine rings is 3. The van der Waals surface area contributed by atoms with E-state index >= 15 is 0 Å². The van der Waals surface area contributed by atoms with Crippen LogP contribution in [0.15, 0.2) is 169 Å². The molecule has 0 aliphatic carbocycles. The number of nitrogens with zero attached hydrogens (tertiary/aromatic N) is 13. The number of piperidine rings is 2. The first-order chi connectivity index (χ1) is 42.5. The number of anilines is 3. The second-order valence-corrected chi connectivity index (χ2v) is 25.4. The van der Waals surface area contributed by atoms with E-state index in [9.17, 15) is 24.9 Å². The molecular formula is C62H65Br3N14O8S. The predicted octanol–water partition coefficient (Wildman–Crippen LogP) is 8.28. The van der Waals surface area contributed by atoms with Gasteiger partial charge in [0.15, 0.2) is 39.3 Å². The Balaban J connectivity index is 0.000000146. The standard InChI is InChI=1S/C31H36N8O3.C17H17N5O3S.C9H9BrO2.C5H3Br2N/c1-3-13-38-29(40)25-16-32-30(35-28(25)39(38)27-6-4-5-26(34-27)31(41)19-42-20-31)33-23-7-9-24(10-8-23)37-15-12-21-17-36(2)14-11-22(21)18-37;1-3-7-21-15(23)11-8-18-16(26-2)20-14(11)22(21)13-6-4-5-12(19-13)17(24)9-25-10-17;10-8-3-1-2-7(4-8)9(11)5-12-6-9;6-4-2-1-3-5(7)8-4/h3-10,16,21-22,41H,1,11-15,17-20H2,2H3,(H,32,33,35);3-6,8,24H,1,7,9-10H2,2H3;1-4,11H,5-6H2;1-3H. The molecule has 14 rings (SSSR count). The van der Waals surface area contributed by atoms with Crippen molar-refractivity contribution in [2.24, 2.45) is 11.8 Å². The summed E-state index contributed by atoms with van der Waals surface area (Å²) in [5.74, 6) is 2.89. The van der Waals surface area contributed by atoms with Crippen LogP contribution in [0.4, 0.5) is 17.3 Å². The van der Waals surface area contributed by atoms with Gasteiger partial charge in [0.2, 0.25) is 5.95 Å². The van der Waals surface area contributed by atoms with Crippen LogP contribution in [0.25, 0.3) is 33.7 Å². The molecule has 22 nitrogen and oxygen atoms in total. The number of ether oxygens (including phenoxy) is 3. The Morgan fingerprint density at radius 3 is 1.67 bits per heavy atom. The molecule has 2 unspecified atom stereocenters. The zero-order valence-electron chi connectivity index (χ0n) is 48.3. The monoisotopic (exact) mass is 1400 g/mol. The second kappa shape index (κ2) is 27.1. The van der Waals surface area contributed by atoms with Crippen LogP contribution in [0.5, 0.6) is 0 Å². The first kappa shape index (κ1) is 62.8. The fourth-order valence-corrected chi connectivity index (χ4v) is 12.7. The second-order valence-electron chi connectivity index (χ2n) is 22.1. The summed E-state index contributed by atoms with van der Waals surface area (Å²) in [5.41, 5.74) is 1.44. The van der Waals surface area contributed by atoms with E-state index in [1.165, 1.54) is 58.9 Å². The van der Waals surface area contributed by atoms with E-state index in [1.807, 2.05) is 60.9 Å². The molecule has 0 radical (unpaired) electrons. The van der Waals surface area contributed by atoms with Gasteiger partial charge in [0.1, 0.15) is 25.6 Å². The van der Waals surface area contributed by atoms with Crippen LogP contribution < -0.4 is 21.3 Å². The summed E-state index contributed by atoms with van der Waals surface area (Å²) in [6.07, 6.45) is 10.7. The van der Waals surface area contributed by atoms with Crippen molar-refractivity contribution in [3.63, 3.8) is 0 Å². The van der Waals surface area contributed by atoms with E-state index in [2.05, 4.69) is 120 Å². The molecule has 0 bridgehead atoms. The normalized spacial score (nSPS) is 18.8. The fourth-order valence-electron chi connectivity index (χ4n) is 11.0. The Morgan fingerprint density at radius 1 is 0.636 bits per heavy atom. The number of nitrogens with one attached hydrogen (secondary N) is 1. The van der Waals surface area contributed by atoms with Crippen LogP contribution >= 0.6 is 59.6 Å². The molecule has 4 N–H and O–H groups in total. The molecule has 26 heteroatoms. The van der Waals surface area contributed by atoms with Gasteiger partial charge in [-0.2, -0.15) is 4.98 Å². The smallest absolute Gasteiger partial charge is 0.278 e. The maximum absolute atomic E-state index is 13.3. The van der Waals surface area contributed by atoms with Gasteiger partial charge in [-0.25, -0.2) is 48.6 Å². The number of hydrogen-bond acceptors (Lipinski definition) is 19. The Bertz CT molecular complexity index is 4100. The highest BCUT2D eigenvalue weighted by Crippen LogP contribution is 2.35. The largest absolute Gasteiger partial charge is 0.380 e. The van der Waals surface area contributed by atoms with Crippen LogP contribution in [-0.2, 0) is 44.1 Å². The van der Waals surface area contributed by atoms with Crippen molar-refractivity contribution in [1.29, 1.82) is 0 Å². The van der Waals surface area contributed by atoms with E-state index in [0.29, 0.717) is 76.0 Å². The van der Waals surface area contributed by atoms with Crippen molar-refractivity contribution in [3.8, 4) is 11.6 Å². The van der Waals surface area contributed by atoms with E-state index < -0.39 is 16.8 Å². The van der Waals surface area contributed by atoms with Crippen molar-refractivity contribution >= 4 is 98.9 Å². The van der Waals surface area contributed by atoms with Crippen molar-refractivity contribution in [2.75, 3.05) is 89.3 Å². The lowest BCUT2D eigenvalue weighted by Gasteiger charge is -2.44. The number of aliphatic hydroxyl groups is 3. The Hall–Kier alpha value is -6.82. The van der Waals surface area contributed by atoms with Crippen LogP contribution in [0, 0.1) is 11.8 Å². The quantitative estimate of drug-likeness (QED) is 0.0367. The zero-order valence-corrected chi connectivity index (χ0v) is 53.9. The number of likely N-dealkylation sites (tertiary alicyclic amines) is 1. The van der Waals surface area contributed by atoms with Crippen LogP contribution in [0.2, 0.25) is 0 Å². The molecule has 0 saturated carbocycles. The number of rotatable bonds is 13. The number of allylic oxidation sites excluding steroid dienone is 2. The molecule has 12 heterocycles. The van der Waals surface area contributed by atoms with Gasteiger partial charge >= 0.3 is 0 Å². The molecule has 88 heavy (non-hydrogen) atoms. The summed E-state index contributed by atoms with van der Waals surface area (Å²) in [7, 11) is 2.23. The van der Waals surface area contributed by atoms with Gasteiger partial charge in [-0.3, -0.25) is 9.59 Å². The lowest BCUT2D eigenvalue weighted by atomic mass is 9.80. The minimum atomic E-state index is -1.14. The first-order valence-corrected chi connectivity index (χ1v) is 32.0. The summed E-state index contributed by atoms with van der Waals surface area (Å²) < 4.78 is 24.3. The van der Waals surface area contributed by atoms with Gasteiger partial charge in [0.05, 0.1) is 64.1 Å². The average Bonchev–Trinajstić information content (AvgIpc) is 1.85. The molecule has 0 spiro atoms. The van der Waals surface area contributed by atoms with E-state index in [0.717, 1.165) is 49.9 Å². The van der Waals surface area contributed by atoms with Crippen LogP contribution in [0.1, 0.15) is 29.8 Å². The predicted molar refractivity (Wildman–Crippen MR) is 348 cm³/mol. The molecule has 5 aliphatic rings. The molecule has 2 atom stereocenters. The highest BCUT2D eigenvalue weighted by atomic mass is 79.9. The lowest BCUT2D eigenvalue weighted by Crippen LogP contribution is -2.48. The molecule has 458 valence electrons. The number of halogens is 3. The highest BCUT2D eigenvalue weighted by Gasteiger charge is 2.41. The minimum absolute atomic E-state index is 0.181. The Morgan fingerprint density at radius 2 is 1.16 bits per heavy atom. The van der Waals surface area contributed by atoms with Gasteiger partial charge in [0.25, 0.3) is 11.1 Å². The SMILES string of the molecule is Brc1cccc(Br)n1.C=CCn1c(=O)c2cnc(Nc3ccc(N4CCC5CN(C)CCC5C4)cc3)nc2n1-c1cccc(C2(O)COC2)n1.C=CCn1c(=O)c2cnc(SC)nc2n1-c1cccc(C2(O)COC2)n1.OC1(c2cccc(Br)c2)COC1. The van der Waals surface area contributed by atoms with Gasteiger partial charge in [-0.05, 0) is 155 Å². The highest BCUT2D eigenvalue weighted by molar-refractivity contribution is 9.11.